The molecule has 2 rings (SSSR count). The number of carbonyl (C=O) groups is 2. The molecule has 1 fully saturated rings. The molecule has 0 radical (unpaired) electrons. The molecule has 0 spiro atoms. The fourth-order valence-corrected chi connectivity index (χ4v) is 2.98. The molecule has 1 heterocycles. The zero-order valence-electron chi connectivity index (χ0n) is 14.0. The summed E-state index contributed by atoms with van der Waals surface area (Å²) in [5.41, 5.74) is 2.17. The molecule has 5 heteroatoms. The summed E-state index contributed by atoms with van der Waals surface area (Å²) in [6.45, 7) is 4.50. The van der Waals surface area contributed by atoms with Crippen LogP contribution in [0.3, 0.4) is 0 Å². The lowest BCUT2D eigenvalue weighted by Crippen LogP contribution is -2.41. The summed E-state index contributed by atoms with van der Waals surface area (Å²) in [5, 5.41) is 9.02. The lowest BCUT2D eigenvalue weighted by atomic mass is 9.88. The van der Waals surface area contributed by atoms with Crippen molar-refractivity contribution in [3.8, 4) is 0 Å². The van der Waals surface area contributed by atoms with Crippen molar-refractivity contribution in [2.24, 2.45) is 11.8 Å². The molecule has 126 valence electrons. The predicted molar refractivity (Wildman–Crippen MR) is 87.0 cm³/mol. The van der Waals surface area contributed by atoms with Crippen LogP contribution in [0, 0.1) is 18.8 Å². The number of carboxylic acids is 1. The largest absolute Gasteiger partial charge is 0.481 e. The number of nitrogens with zero attached hydrogens (tertiary/aromatic N) is 1. The lowest BCUT2D eigenvalue weighted by Gasteiger charge is -2.34. The van der Waals surface area contributed by atoms with Gasteiger partial charge in [-0.25, -0.2) is 0 Å². The smallest absolute Gasteiger partial charge is 0.308 e. The number of ether oxygens (including phenoxy) is 1. The van der Waals surface area contributed by atoms with Crippen molar-refractivity contribution in [2.75, 3.05) is 20.2 Å². The van der Waals surface area contributed by atoms with Crippen molar-refractivity contribution in [2.45, 2.75) is 32.8 Å². The Kier molecular flexibility index (Phi) is 5.77. The van der Waals surface area contributed by atoms with Gasteiger partial charge in [-0.05, 0) is 25.3 Å². The van der Waals surface area contributed by atoms with Gasteiger partial charge in [-0.3, -0.25) is 9.59 Å². The summed E-state index contributed by atoms with van der Waals surface area (Å²) in [6, 6.07) is 8.05. The second-order valence-corrected chi connectivity index (χ2v) is 6.41. The zero-order valence-corrected chi connectivity index (χ0v) is 14.0. The van der Waals surface area contributed by atoms with E-state index >= 15 is 0 Å². The molecule has 1 aliphatic heterocycles. The van der Waals surface area contributed by atoms with Crippen LogP contribution < -0.4 is 0 Å². The summed E-state index contributed by atoms with van der Waals surface area (Å²) in [6.07, 6.45) is 1.36. The summed E-state index contributed by atoms with van der Waals surface area (Å²) in [7, 11) is 1.67. The Morgan fingerprint density at radius 3 is 2.61 bits per heavy atom. The van der Waals surface area contributed by atoms with Crippen molar-refractivity contribution >= 4 is 11.9 Å². The SMILES string of the molecule is Cc1ccc([C@@H]2OCCC[C@H]2C(=O)N(C)C[C@H](C)C(=O)O)cc1. The van der Waals surface area contributed by atoms with Crippen molar-refractivity contribution in [3.05, 3.63) is 35.4 Å². The molecule has 1 aromatic carbocycles. The summed E-state index contributed by atoms with van der Waals surface area (Å²) < 4.78 is 5.88. The van der Waals surface area contributed by atoms with Gasteiger partial charge in [0.2, 0.25) is 5.91 Å². The van der Waals surface area contributed by atoms with Gasteiger partial charge in [-0.1, -0.05) is 36.8 Å². The Labute approximate surface area is 137 Å². The van der Waals surface area contributed by atoms with Crippen LogP contribution in [0.1, 0.15) is 37.0 Å². The number of rotatable bonds is 5. The van der Waals surface area contributed by atoms with E-state index in [0.29, 0.717) is 6.61 Å². The Morgan fingerprint density at radius 1 is 1.35 bits per heavy atom. The Balaban J connectivity index is 2.12. The number of aliphatic carboxylic acids is 1. The van der Waals surface area contributed by atoms with E-state index in [2.05, 4.69) is 0 Å². The first-order valence-corrected chi connectivity index (χ1v) is 8.06. The Bertz CT molecular complexity index is 555. The van der Waals surface area contributed by atoms with Crippen LogP contribution >= 0.6 is 0 Å². The van der Waals surface area contributed by atoms with Gasteiger partial charge in [0, 0.05) is 20.2 Å². The quantitative estimate of drug-likeness (QED) is 0.906. The highest BCUT2D eigenvalue weighted by Gasteiger charge is 2.35. The van der Waals surface area contributed by atoms with Gasteiger partial charge >= 0.3 is 5.97 Å². The van der Waals surface area contributed by atoms with E-state index in [1.54, 1.807) is 14.0 Å². The van der Waals surface area contributed by atoms with Gasteiger partial charge in [0.05, 0.1) is 17.9 Å². The van der Waals surface area contributed by atoms with Gasteiger partial charge in [-0.15, -0.1) is 0 Å². The predicted octanol–water partition coefficient (Wildman–Crippen LogP) is 2.64. The van der Waals surface area contributed by atoms with Crippen LogP contribution in [0.2, 0.25) is 0 Å². The first-order chi connectivity index (χ1) is 10.9. The van der Waals surface area contributed by atoms with Crippen LogP contribution in [0.4, 0.5) is 0 Å². The molecule has 0 aliphatic carbocycles. The first kappa shape index (κ1) is 17.5. The van der Waals surface area contributed by atoms with Gasteiger partial charge in [-0.2, -0.15) is 0 Å². The standard InChI is InChI=1S/C18H25NO4/c1-12-6-8-14(9-7-12)16-15(5-4-10-23-16)17(20)19(3)11-13(2)18(21)22/h6-9,13,15-16H,4-5,10-11H2,1-3H3,(H,21,22)/t13-,15+,16-/m0/s1. The third kappa shape index (κ3) is 4.32. The van der Waals surface area contributed by atoms with Crippen molar-refractivity contribution in [1.82, 2.24) is 4.90 Å². The maximum absolute atomic E-state index is 12.8. The summed E-state index contributed by atoms with van der Waals surface area (Å²) in [5.74, 6) is -1.76. The number of aryl methyl sites for hydroxylation is 1. The van der Waals surface area contributed by atoms with E-state index in [-0.39, 0.29) is 24.5 Å². The van der Waals surface area contributed by atoms with Crippen molar-refractivity contribution in [1.29, 1.82) is 0 Å². The van der Waals surface area contributed by atoms with E-state index in [0.717, 1.165) is 18.4 Å². The minimum absolute atomic E-state index is 0.0385. The highest BCUT2D eigenvalue weighted by Crippen LogP contribution is 2.35. The number of hydrogen-bond donors (Lipinski definition) is 1. The summed E-state index contributed by atoms with van der Waals surface area (Å²) in [4.78, 5) is 25.3. The number of benzene rings is 1. The van der Waals surface area contributed by atoms with Crippen LogP contribution in [-0.4, -0.2) is 42.1 Å². The summed E-state index contributed by atoms with van der Waals surface area (Å²) >= 11 is 0. The fraction of sp³-hybridized carbons (Fsp3) is 0.556. The highest BCUT2D eigenvalue weighted by molar-refractivity contribution is 5.80. The minimum Gasteiger partial charge on any atom is -0.481 e. The average Bonchev–Trinajstić information content (AvgIpc) is 2.54. The first-order valence-electron chi connectivity index (χ1n) is 8.06. The average molecular weight is 319 g/mol. The molecule has 1 saturated heterocycles. The third-order valence-corrected chi connectivity index (χ3v) is 4.39. The minimum atomic E-state index is -0.889. The molecule has 3 atom stereocenters. The molecule has 23 heavy (non-hydrogen) atoms. The molecule has 0 saturated carbocycles. The zero-order chi connectivity index (χ0) is 17.0. The Morgan fingerprint density at radius 2 is 2.00 bits per heavy atom. The van der Waals surface area contributed by atoms with Gasteiger partial charge in [0.15, 0.2) is 0 Å². The van der Waals surface area contributed by atoms with E-state index in [1.165, 1.54) is 10.5 Å². The number of carbonyl (C=O) groups excluding carboxylic acids is 1. The van der Waals surface area contributed by atoms with Gasteiger partial charge in [0.1, 0.15) is 0 Å². The molecule has 1 aliphatic rings. The Hall–Kier alpha value is -1.88. The van der Waals surface area contributed by atoms with E-state index < -0.39 is 11.9 Å². The highest BCUT2D eigenvalue weighted by atomic mass is 16.5. The third-order valence-electron chi connectivity index (χ3n) is 4.39. The van der Waals surface area contributed by atoms with Crippen LogP contribution in [0.5, 0.6) is 0 Å². The maximum Gasteiger partial charge on any atom is 0.308 e. The molecule has 0 aromatic heterocycles. The molecule has 0 unspecified atom stereocenters. The molecular weight excluding hydrogens is 294 g/mol. The molecule has 5 nitrogen and oxygen atoms in total. The monoisotopic (exact) mass is 319 g/mol. The number of amides is 1. The van der Waals surface area contributed by atoms with E-state index in [9.17, 15) is 9.59 Å². The van der Waals surface area contributed by atoms with Crippen molar-refractivity contribution < 1.29 is 19.4 Å². The molecule has 0 bridgehead atoms. The molecular formula is C18H25NO4. The van der Waals surface area contributed by atoms with Gasteiger partial charge in [0.25, 0.3) is 0 Å². The topological polar surface area (TPSA) is 66.8 Å². The second kappa shape index (κ2) is 7.59. The fourth-order valence-electron chi connectivity index (χ4n) is 2.98. The second-order valence-electron chi connectivity index (χ2n) is 6.41. The van der Waals surface area contributed by atoms with Crippen molar-refractivity contribution in [3.63, 3.8) is 0 Å². The maximum atomic E-state index is 12.8. The van der Waals surface area contributed by atoms with E-state index in [4.69, 9.17) is 9.84 Å². The van der Waals surface area contributed by atoms with Crippen LogP contribution in [0.25, 0.3) is 0 Å². The van der Waals surface area contributed by atoms with Crippen LogP contribution in [-0.2, 0) is 14.3 Å². The lowest BCUT2D eigenvalue weighted by molar-refractivity contribution is -0.147. The number of carboxylic acid groups (broad SMARTS) is 1. The molecule has 1 aromatic rings. The van der Waals surface area contributed by atoms with Crippen LogP contribution in [0.15, 0.2) is 24.3 Å². The van der Waals surface area contributed by atoms with Gasteiger partial charge < -0.3 is 14.7 Å². The van der Waals surface area contributed by atoms with E-state index in [1.807, 2.05) is 31.2 Å². The molecule has 1 amide bonds. The number of hydrogen-bond acceptors (Lipinski definition) is 3. The molecule has 1 N–H and O–H groups in total. The normalized spacial score (nSPS) is 22.4.